The Morgan fingerprint density at radius 1 is 1.43 bits per heavy atom. The molecule has 0 spiro atoms. The minimum Gasteiger partial charge on any atom is -0.337 e. The smallest absolute Gasteiger partial charge is 0.270 e. The van der Waals surface area contributed by atoms with Gasteiger partial charge < -0.3 is 4.90 Å². The molecule has 0 radical (unpaired) electrons. The molecule has 1 saturated heterocycles. The molecule has 0 N–H and O–H groups in total. The van der Waals surface area contributed by atoms with Gasteiger partial charge in [0.15, 0.2) is 9.84 Å². The molecule has 2 aromatic rings. The first kappa shape index (κ1) is 15.7. The number of carbonyl (C=O) groups excluding carboxylic acids is 1. The van der Waals surface area contributed by atoms with Crippen LogP contribution in [-0.2, 0) is 9.84 Å². The lowest BCUT2D eigenvalue weighted by Gasteiger charge is -2.23. The van der Waals surface area contributed by atoms with Crippen LogP contribution >= 0.6 is 0 Å². The molecule has 1 atom stereocenters. The summed E-state index contributed by atoms with van der Waals surface area (Å²) in [6, 6.07) is 3.12. The van der Waals surface area contributed by atoms with Crippen molar-refractivity contribution in [3.05, 3.63) is 46.0 Å². The van der Waals surface area contributed by atoms with Crippen molar-refractivity contribution >= 4 is 21.4 Å². The predicted molar refractivity (Wildman–Crippen MR) is 85.4 cm³/mol. The molecule has 2 aromatic heterocycles. The van der Waals surface area contributed by atoms with Crippen LogP contribution in [0, 0.1) is 6.92 Å². The highest BCUT2D eigenvalue weighted by molar-refractivity contribution is 7.91. The summed E-state index contributed by atoms with van der Waals surface area (Å²) in [5.74, 6) is -0.486. The average Bonchev–Trinajstić information content (AvgIpc) is 2.86. The van der Waals surface area contributed by atoms with Gasteiger partial charge >= 0.3 is 0 Å². The van der Waals surface area contributed by atoms with Crippen LogP contribution in [0.15, 0.2) is 29.3 Å². The monoisotopic (exact) mass is 335 g/mol. The van der Waals surface area contributed by atoms with Crippen molar-refractivity contribution < 1.29 is 13.2 Å². The van der Waals surface area contributed by atoms with E-state index in [2.05, 4.69) is 4.98 Å². The third-order valence-corrected chi connectivity index (χ3v) is 5.92. The Kier molecular flexibility index (Phi) is 3.71. The Labute approximate surface area is 133 Å². The lowest BCUT2D eigenvalue weighted by molar-refractivity contribution is 0.0745. The van der Waals surface area contributed by atoms with E-state index in [4.69, 9.17) is 0 Å². The zero-order chi connectivity index (χ0) is 16.8. The lowest BCUT2D eigenvalue weighted by Crippen LogP contribution is -2.40. The van der Waals surface area contributed by atoms with Crippen molar-refractivity contribution in [2.75, 3.05) is 18.6 Å². The minimum absolute atomic E-state index is 0.0573. The van der Waals surface area contributed by atoms with Gasteiger partial charge in [-0.2, -0.15) is 0 Å². The fraction of sp³-hybridized carbons (Fsp3) is 0.400. The number of aromatic nitrogens is 2. The van der Waals surface area contributed by atoms with Crippen LogP contribution in [0.4, 0.5) is 0 Å². The number of nitrogens with zero attached hydrogens (tertiary/aromatic N) is 3. The molecular formula is C15H17N3O4S. The Morgan fingerprint density at radius 3 is 2.83 bits per heavy atom. The highest BCUT2D eigenvalue weighted by atomic mass is 32.2. The number of hydrogen-bond acceptors (Lipinski definition) is 5. The summed E-state index contributed by atoms with van der Waals surface area (Å²) in [6.07, 6.45) is 3.24. The van der Waals surface area contributed by atoms with Crippen molar-refractivity contribution in [2.45, 2.75) is 19.4 Å². The number of amides is 1. The molecule has 3 heterocycles. The Bertz CT molecular complexity index is 949. The van der Waals surface area contributed by atoms with E-state index >= 15 is 0 Å². The van der Waals surface area contributed by atoms with Gasteiger partial charge in [-0.05, 0) is 31.0 Å². The summed E-state index contributed by atoms with van der Waals surface area (Å²) in [5, 5.41) is 0. The van der Waals surface area contributed by atoms with E-state index in [1.807, 2.05) is 6.92 Å². The SMILES string of the molecule is Cc1ccn2c(=O)c(C(=O)N(C)[C@H]3CCS(=O)(=O)C3)cnc2c1. The third kappa shape index (κ3) is 2.86. The fourth-order valence-electron chi connectivity index (χ4n) is 2.76. The number of hydrogen-bond donors (Lipinski definition) is 0. The van der Waals surface area contributed by atoms with E-state index in [1.54, 1.807) is 18.3 Å². The fourth-order valence-corrected chi connectivity index (χ4v) is 4.53. The highest BCUT2D eigenvalue weighted by Crippen LogP contribution is 2.17. The first-order valence-electron chi connectivity index (χ1n) is 7.24. The highest BCUT2D eigenvalue weighted by Gasteiger charge is 2.33. The van der Waals surface area contributed by atoms with Crippen LogP contribution in [0.1, 0.15) is 22.3 Å². The number of pyridine rings is 1. The number of fused-ring (bicyclic) bond motifs is 1. The topological polar surface area (TPSA) is 88.8 Å². The molecular weight excluding hydrogens is 318 g/mol. The first-order valence-corrected chi connectivity index (χ1v) is 9.06. The largest absolute Gasteiger partial charge is 0.337 e. The Morgan fingerprint density at radius 2 is 2.17 bits per heavy atom. The summed E-state index contributed by atoms with van der Waals surface area (Å²) in [6.45, 7) is 1.89. The molecule has 0 unspecified atom stereocenters. The third-order valence-electron chi connectivity index (χ3n) is 4.17. The first-order chi connectivity index (χ1) is 10.8. The molecule has 122 valence electrons. The van der Waals surface area contributed by atoms with Crippen LogP contribution in [0.25, 0.3) is 5.65 Å². The Hall–Kier alpha value is -2.22. The van der Waals surface area contributed by atoms with Gasteiger partial charge in [-0.25, -0.2) is 13.4 Å². The maximum absolute atomic E-state index is 12.6. The molecule has 0 saturated carbocycles. The van der Waals surface area contributed by atoms with E-state index < -0.39 is 27.3 Å². The molecule has 23 heavy (non-hydrogen) atoms. The van der Waals surface area contributed by atoms with E-state index in [1.165, 1.54) is 22.5 Å². The number of sulfone groups is 1. The minimum atomic E-state index is -3.10. The molecule has 1 amide bonds. The van der Waals surface area contributed by atoms with Crippen LogP contribution < -0.4 is 5.56 Å². The molecule has 1 aliphatic rings. The summed E-state index contributed by atoms with van der Waals surface area (Å²) < 4.78 is 24.4. The average molecular weight is 335 g/mol. The van der Waals surface area contributed by atoms with Crippen molar-refractivity contribution in [1.82, 2.24) is 14.3 Å². The number of aryl methyl sites for hydroxylation is 1. The molecule has 0 bridgehead atoms. The number of rotatable bonds is 2. The molecule has 1 aliphatic heterocycles. The predicted octanol–water partition coefficient (Wildman–Crippen LogP) is 0.262. The number of carbonyl (C=O) groups is 1. The van der Waals surface area contributed by atoms with E-state index in [0.717, 1.165) is 5.56 Å². The quantitative estimate of drug-likeness (QED) is 0.785. The van der Waals surface area contributed by atoms with Crippen molar-refractivity contribution in [3.63, 3.8) is 0 Å². The van der Waals surface area contributed by atoms with Crippen LogP contribution in [0.2, 0.25) is 0 Å². The molecule has 8 heteroatoms. The van der Waals surface area contributed by atoms with Crippen LogP contribution in [-0.4, -0.2) is 53.2 Å². The van der Waals surface area contributed by atoms with E-state index in [-0.39, 0.29) is 17.1 Å². The second kappa shape index (κ2) is 5.45. The van der Waals surface area contributed by atoms with Gasteiger partial charge in [-0.3, -0.25) is 14.0 Å². The van der Waals surface area contributed by atoms with E-state index in [0.29, 0.717) is 12.1 Å². The normalized spacial score (nSPS) is 19.8. The second-order valence-corrected chi connectivity index (χ2v) is 8.11. The summed E-state index contributed by atoms with van der Waals surface area (Å²) in [4.78, 5) is 30.5. The van der Waals surface area contributed by atoms with Gasteiger partial charge in [0.25, 0.3) is 11.5 Å². The summed E-state index contributed by atoms with van der Waals surface area (Å²) in [5.41, 5.74) is 0.924. The molecule has 1 fully saturated rings. The van der Waals surface area contributed by atoms with Crippen LogP contribution in [0.5, 0.6) is 0 Å². The molecule has 7 nitrogen and oxygen atoms in total. The van der Waals surface area contributed by atoms with Crippen molar-refractivity contribution in [1.29, 1.82) is 0 Å². The Balaban J connectivity index is 1.97. The van der Waals surface area contributed by atoms with Crippen molar-refractivity contribution in [2.24, 2.45) is 0 Å². The van der Waals surface area contributed by atoms with Gasteiger partial charge in [0.1, 0.15) is 11.2 Å². The molecule has 3 rings (SSSR count). The van der Waals surface area contributed by atoms with E-state index in [9.17, 15) is 18.0 Å². The standard InChI is InChI=1S/C15H17N3O4S/c1-10-3-5-18-13(7-10)16-8-12(15(18)20)14(19)17(2)11-4-6-23(21,22)9-11/h3,5,7-8,11H,4,6,9H2,1-2H3/t11-/m0/s1. The lowest BCUT2D eigenvalue weighted by atomic mass is 10.2. The van der Waals surface area contributed by atoms with Crippen molar-refractivity contribution in [3.8, 4) is 0 Å². The zero-order valence-corrected chi connectivity index (χ0v) is 13.7. The second-order valence-electron chi connectivity index (χ2n) is 5.88. The van der Waals surface area contributed by atoms with Gasteiger partial charge in [0, 0.05) is 25.5 Å². The molecule has 0 aliphatic carbocycles. The van der Waals surface area contributed by atoms with Gasteiger partial charge in [0.05, 0.1) is 11.5 Å². The van der Waals surface area contributed by atoms with Gasteiger partial charge in [0.2, 0.25) is 0 Å². The zero-order valence-electron chi connectivity index (χ0n) is 12.9. The summed E-state index contributed by atoms with van der Waals surface area (Å²) >= 11 is 0. The summed E-state index contributed by atoms with van der Waals surface area (Å²) in [7, 11) is -1.57. The van der Waals surface area contributed by atoms with Crippen LogP contribution in [0.3, 0.4) is 0 Å². The molecule has 0 aromatic carbocycles. The van der Waals surface area contributed by atoms with Gasteiger partial charge in [-0.15, -0.1) is 0 Å². The van der Waals surface area contributed by atoms with Gasteiger partial charge in [-0.1, -0.05) is 0 Å². The maximum atomic E-state index is 12.6. The maximum Gasteiger partial charge on any atom is 0.270 e.